The standard InChI is InChI=1S/C22H25F3N6O2/c1-14-4-7-27-31(14)11-8-26-19(32)12-15-5-9-30(10-6-15)20(33)16-2-3-17-18(13-16)29-21(28-17)22(23,24)25/h2-4,7,13,15H,5-6,8-12H2,1H3,(H,26,32)(H,28,29). The van der Waals surface area contributed by atoms with E-state index in [1.165, 1.54) is 18.2 Å². The van der Waals surface area contributed by atoms with Crippen LogP contribution in [-0.4, -0.2) is 56.1 Å². The summed E-state index contributed by atoms with van der Waals surface area (Å²) in [4.78, 5) is 32.5. The van der Waals surface area contributed by atoms with Crippen molar-refractivity contribution < 1.29 is 22.8 Å². The summed E-state index contributed by atoms with van der Waals surface area (Å²) >= 11 is 0. The van der Waals surface area contributed by atoms with Crippen LogP contribution in [0.15, 0.2) is 30.5 Å². The second-order valence-corrected chi connectivity index (χ2v) is 8.30. The minimum absolute atomic E-state index is 0.0187. The monoisotopic (exact) mass is 462 g/mol. The van der Waals surface area contributed by atoms with Gasteiger partial charge in [-0.15, -0.1) is 0 Å². The highest BCUT2D eigenvalue weighted by atomic mass is 19.4. The van der Waals surface area contributed by atoms with Gasteiger partial charge >= 0.3 is 6.18 Å². The number of nitrogens with one attached hydrogen (secondary N) is 2. The molecule has 0 bridgehead atoms. The maximum absolute atomic E-state index is 12.9. The normalized spacial score (nSPS) is 15.2. The average Bonchev–Trinajstić information content (AvgIpc) is 3.39. The van der Waals surface area contributed by atoms with Crippen LogP contribution in [-0.2, 0) is 17.5 Å². The molecule has 2 N–H and O–H groups in total. The molecule has 11 heteroatoms. The molecule has 176 valence electrons. The molecule has 2 amide bonds. The summed E-state index contributed by atoms with van der Waals surface area (Å²) in [6.07, 6.45) is -1.06. The number of carbonyl (C=O) groups excluding carboxylic acids is 2. The molecule has 1 aromatic carbocycles. The summed E-state index contributed by atoms with van der Waals surface area (Å²) in [5, 5.41) is 7.09. The third-order valence-electron chi connectivity index (χ3n) is 5.95. The van der Waals surface area contributed by atoms with Gasteiger partial charge in [-0.05, 0) is 49.9 Å². The highest BCUT2D eigenvalue weighted by Crippen LogP contribution is 2.29. The van der Waals surface area contributed by atoms with Gasteiger partial charge in [-0.1, -0.05) is 0 Å². The lowest BCUT2D eigenvalue weighted by Gasteiger charge is -2.31. The molecule has 4 rings (SSSR count). The number of benzene rings is 1. The highest BCUT2D eigenvalue weighted by Gasteiger charge is 2.35. The van der Waals surface area contributed by atoms with Crippen LogP contribution in [0.25, 0.3) is 11.0 Å². The Morgan fingerprint density at radius 2 is 1.97 bits per heavy atom. The summed E-state index contributed by atoms with van der Waals surface area (Å²) < 4.78 is 40.4. The van der Waals surface area contributed by atoms with Crippen molar-refractivity contribution in [3.05, 3.63) is 47.5 Å². The van der Waals surface area contributed by atoms with Gasteiger partial charge in [-0.25, -0.2) is 4.98 Å². The Morgan fingerprint density at radius 3 is 2.64 bits per heavy atom. The van der Waals surface area contributed by atoms with E-state index in [-0.39, 0.29) is 28.8 Å². The summed E-state index contributed by atoms with van der Waals surface area (Å²) in [6.45, 7) is 4.07. The van der Waals surface area contributed by atoms with Crippen molar-refractivity contribution in [2.45, 2.75) is 38.9 Å². The molecule has 0 radical (unpaired) electrons. The maximum Gasteiger partial charge on any atom is 0.449 e. The second-order valence-electron chi connectivity index (χ2n) is 8.30. The Kier molecular flexibility index (Phi) is 6.39. The van der Waals surface area contributed by atoms with Crippen LogP contribution >= 0.6 is 0 Å². The minimum atomic E-state index is -4.57. The molecule has 1 aliphatic rings. The smallest absolute Gasteiger partial charge is 0.354 e. The van der Waals surface area contributed by atoms with E-state index >= 15 is 0 Å². The Labute approximate surface area is 188 Å². The number of nitrogens with zero attached hydrogens (tertiary/aromatic N) is 4. The van der Waals surface area contributed by atoms with Gasteiger partial charge in [-0.3, -0.25) is 14.3 Å². The predicted molar refractivity (Wildman–Crippen MR) is 114 cm³/mol. The first-order chi connectivity index (χ1) is 15.7. The van der Waals surface area contributed by atoms with Crippen LogP contribution in [0.2, 0.25) is 0 Å². The zero-order valence-electron chi connectivity index (χ0n) is 18.2. The van der Waals surface area contributed by atoms with Gasteiger partial charge < -0.3 is 15.2 Å². The molecule has 2 aromatic heterocycles. The van der Waals surface area contributed by atoms with Crippen LogP contribution < -0.4 is 5.32 Å². The predicted octanol–water partition coefficient (Wildman–Crippen LogP) is 3.15. The van der Waals surface area contributed by atoms with Gasteiger partial charge in [0, 0.05) is 43.5 Å². The number of likely N-dealkylation sites (tertiary alicyclic amines) is 1. The highest BCUT2D eigenvalue weighted by molar-refractivity contribution is 5.97. The molecule has 0 aliphatic carbocycles. The molecule has 3 aromatic rings. The SMILES string of the molecule is Cc1ccnn1CCNC(=O)CC1CCN(C(=O)c2ccc3nc(C(F)(F)F)[nH]c3c2)CC1. The summed E-state index contributed by atoms with van der Waals surface area (Å²) in [7, 11) is 0. The van der Waals surface area contributed by atoms with E-state index in [0.29, 0.717) is 51.0 Å². The number of rotatable bonds is 6. The fraction of sp³-hybridized carbons (Fsp3) is 0.455. The van der Waals surface area contributed by atoms with E-state index in [0.717, 1.165) is 5.69 Å². The van der Waals surface area contributed by atoms with E-state index in [4.69, 9.17) is 0 Å². The number of hydrogen-bond acceptors (Lipinski definition) is 4. The van der Waals surface area contributed by atoms with E-state index in [2.05, 4.69) is 20.4 Å². The maximum atomic E-state index is 12.9. The minimum Gasteiger partial charge on any atom is -0.354 e. The van der Waals surface area contributed by atoms with Crippen molar-refractivity contribution in [2.24, 2.45) is 5.92 Å². The third-order valence-corrected chi connectivity index (χ3v) is 5.95. The number of aromatic amines is 1. The fourth-order valence-corrected chi connectivity index (χ4v) is 4.07. The lowest BCUT2D eigenvalue weighted by Crippen LogP contribution is -2.40. The van der Waals surface area contributed by atoms with Gasteiger partial charge in [0.2, 0.25) is 11.7 Å². The molecular weight excluding hydrogens is 437 g/mol. The van der Waals surface area contributed by atoms with Crippen molar-refractivity contribution in [1.82, 2.24) is 30.0 Å². The Bertz CT molecular complexity index is 1140. The van der Waals surface area contributed by atoms with Crippen LogP contribution in [0.4, 0.5) is 13.2 Å². The number of fused-ring (bicyclic) bond motifs is 1. The number of hydrogen-bond donors (Lipinski definition) is 2. The number of carbonyl (C=O) groups is 2. The summed E-state index contributed by atoms with van der Waals surface area (Å²) in [5.74, 6) is -1.15. The van der Waals surface area contributed by atoms with Crippen LogP contribution in [0.1, 0.15) is 41.1 Å². The van der Waals surface area contributed by atoms with Crippen molar-refractivity contribution in [2.75, 3.05) is 19.6 Å². The van der Waals surface area contributed by atoms with Gasteiger partial charge in [-0.2, -0.15) is 18.3 Å². The van der Waals surface area contributed by atoms with E-state index in [9.17, 15) is 22.8 Å². The summed E-state index contributed by atoms with van der Waals surface area (Å²) in [6, 6.07) is 6.22. The van der Waals surface area contributed by atoms with Crippen molar-refractivity contribution in [3.8, 4) is 0 Å². The van der Waals surface area contributed by atoms with Gasteiger partial charge in [0.1, 0.15) is 0 Å². The number of H-pyrrole nitrogens is 1. The quantitative estimate of drug-likeness (QED) is 0.588. The lowest BCUT2D eigenvalue weighted by atomic mass is 9.93. The van der Waals surface area contributed by atoms with Gasteiger partial charge in [0.25, 0.3) is 5.91 Å². The Balaban J connectivity index is 1.26. The van der Waals surface area contributed by atoms with Crippen LogP contribution in [0.3, 0.4) is 0 Å². The Morgan fingerprint density at radius 1 is 1.21 bits per heavy atom. The number of aryl methyl sites for hydroxylation is 1. The first kappa shape index (κ1) is 22.8. The van der Waals surface area contributed by atoms with Crippen molar-refractivity contribution in [3.63, 3.8) is 0 Å². The topological polar surface area (TPSA) is 95.9 Å². The molecule has 3 heterocycles. The molecule has 1 saturated heterocycles. The molecule has 0 unspecified atom stereocenters. The largest absolute Gasteiger partial charge is 0.449 e. The van der Waals surface area contributed by atoms with E-state index < -0.39 is 12.0 Å². The van der Waals surface area contributed by atoms with Gasteiger partial charge in [0.05, 0.1) is 17.6 Å². The van der Waals surface area contributed by atoms with Crippen molar-refractivity contribution in [1.29, 1.82) is 0 Å². The fourth-order valence-electron chi connectivity index (χ4n) is 4.07. The average molecular weight is 462 g/mol. The summed E-state index contributed by atoms with van der Waals surface area (Å²) in [5.41, 5.74) is 1.68. The van der Waals surface area contributed by atoms with Crippen LogP contribution in [0.5, 0.6) is 0 Å². The molecule has 33 heavy (non-hydrogen) atoms. The van der Waals surface area contributed by atoms with E-state index in [1.807, 2.05) is 17.7 Å². The number of halogens is 3. The number of amides is 2. The lowest BCUT2D eigenvalue weighted by molar-refractivity contribution is -0.144. The molecule has 1 aliphatic heterocycles. The molecule has 0 saturated carbocycles. The second kappa shape index (κ2) is 9.24. The third kappa shape index (κ3) is 5.35. The first-order valence-electron chi connectivity index (χ1n) is 10.8. The van der Waals surface area contributed by atoms with Gasteiger partial charge in [0.15, 0.2) is 0 Å². The molecule has 0 atom stereocenters. The van der Waals surface area contributed by atoms with Crippen LogP contribution in [0, 0.1) is 12.8 Å². The van der Waals surface area contributed by atoms with Crippen molar-refractivity contribution >= 4 is 22.8 Å². The molecular formula is C22H25F3N6O2. The number of alkyl halides is 3. The van der Waals surface area contributed by atoms with E-state index in [1.54, 1.807) is 11.1 Å². The number of imidazole rings is 1. The number of piperidine rings is 1. The number of aromatic nitrogens is 4. The zero-order valence-corrected chi connectivity index (χ0v) is 18.2. The first-order valence-corrected chi connectivity index (χ1v) is 10.8. The zero-order chi connectivity index (χ0) is 23.6. The Hall–Kier alpha value is -3.37. The molecule has 0 spiro atoms. The molecule has 8 nitrogen and oxygen atoms in total. The molecule has 1 fully saturated rings.